The quantitative estimate of drug-likeness (QED) is 0.236. The van der Waals surface area contributed by atoms with Crippen LogP contribution in [0.4, 0.5) is 0 Å². The van der Waals surface area contributed by atoms with Crippen molar-refractivity contribution in [3.05, 3.63) is 70.6 Å². The molecule has 1 saturated heterocycles. The van der Waals surface area contributed by atoms with Crippen LogP contribution in [0.15, 0.2) is 59.5 Å². The molecule has 3 amide bonds. The molecule has 9 heteroatoms. The van der Waals surface area contributed by atoms with E-state index in [1.165, 1.54) is 23.9 Å². The van der Waals surface area contributed by atoms with Gasteiger partial charge in [0.05, 0.1) is 10.5 Å². The Morgan fingerprint density at radius 1 is 1.00 bits per heavy atom. The summed E-state index contributed by atoms with van der Waals surface area (Å²) in [5, 5.41) is 9.65. The molecule has 7 nitrogen and oxygen atoms in total. The third kappa shape index (κ3) is 6.41. The first kappa shape index (κ1) is 23.5. The van der Waals surface area contributed by atoms with E-state index in [-0.39, 0.29) is 29.5 Å². The SMILES string of the molecule is O=C(CCCCCN1C(=O)C(=Cc2ccccc2)SC1=S)NNC(=O)c1ccccc1O. The molecule has 166 valence electrons. The number of nitrogens with zero attached hydrogens (tertiary/aromatic N) is 1. The molecule has 0 atom stereocenters. The molecule has 1 aliphatic rings. The van der Waals surface area contributed by atoms with E-state index in [4.69, 9.17) is 12.2 Å². The topological polar surface area (TPSA) is 98.7 Å². The van der Waals surface area contributed by atoms with Crippen molar-refractivity contribution in [1.82, 2.24) is 15.8 Å². The summed E-state index contributed by atoms with van der Waals surface area (Å²) in [6, 6.07) is 15.7. The Labute approximate surface area is 195 Å². The second-order valence-electron chi connectivity index (χ2n) is 7.07. The summed E-state index contributed by atoms with van der Waals surface area (Å²) in [7, 11) is 0. The van der Waals surface area contributed by atoms with E-state index in [1.807, 2.05) is 36.4 Å². The first-order valence-corrected chi connectivity index (χ1v) is 11.4. The Morgan fingerprint density at radius 2 is 1.72 bits per heavy atom. The second kappa shape index (κ2) is 11.4. The molecule has 0 saturated carbocycles. The summed E-state index contributed by atoms with van der Waals surface area (Å²) in [5.74, 6) is -1.17. The number of carbonyl (C=O) groups is 3. The van der Waals surface area contributed by atoms with Gasteiger partial charge in [-0.05, 0) is 36.6 Å². The first-order chi connectivity index (χ1) is 15.5. The van der Waals surface area contributed by atoms with Crippen molar-refractivity contribution in [2.24, 2.45) is 0 Å². The summed E-state index contributed by atoms with van der Waals surface area (Å²) >= 11 is 6.64. The van der Waals surface area contributed by atoms with Gasteiger partial charge in [0.2, 0.25) is 5.91 Å². The highest BCUT2D eigenvalue weighted by Crippen LogP contribution is 2.32. The average Bonchev–Trinajstić information content (AvgIpc) is 3.05. The number of para-hydroxylation sites is 1. The third-order valence-corrected chi connectivity index (χ3v) is 6.10. The molecule has 0 spiro atoms. The van der Waals surface area contributed by atoms with Gasteiger partial charge in [0.1, 0.15) is 10.1 Å². The largest absolute Gasteiger partial charge is 0.507 e. The number of aromatic hydroxyl groups is 1. The lowest BCUT2D eigenvalue weighted by molar-refractivity contribution is -0.123. The van der Waals surface area contributed by atoms with Crippen LogP contribution in [-0.2, 0) is 9.59 Å². The molecule has 1 fully saturated rings. The van der Waals surface area contributed by atoms with Crippen molar-refractivity contribution in [2.45, 2.75) is 25.7 Å². The van der Waals surface area contributed by atoms with Gasteiger partial charge in [-0.15, -0.1) is 0 Å². The summed E-state index contributed by atoms with van der Waals surface area (Å²) < 4.78 is 0.543. The molecule has 2 aromatic rings. The number of amides is 3. The minimum Gasteiger partial charge on any atom is -0.507 e. The summed E-state index contributed by atoms with van der Waals surface area (Å²) in [5.41, 5.74) is 5.66. The van der Waals surface area contributed by atoms with Crippen molar-refractivity contribution in [3.8, 4) is 5.75 Å². The third-order valence-electron chi connectivity index (χ3n) is 4.72. The summed E-state index contributed by atoms with van der Waals surface area (Å²) in [4.78, 5) is 38.7. The van der Waals surface area contributed by atoms with Crippen molar-refractivity contribution in [3.63, 3.8) is 0 Å². The van der Waals surface area contributed by atoms with Gasteiger partial charge in [-0.3, -0.25) is 30.1 Å². The Balaban J connectivity index is 1.35. The maximum atomic E-state index is 12.6. The molecule has 1 heterocycles. The van der Waals surface area contributed by atoms with Crippen LogP contribution >= 0.6 is 24.0 Å². The number of benzene rings is 2. The monoisotopic (exact) mass is 469 g/mol. The Hall–Kier alpha value is -3.17. The van der Waals surface area contributed by atoms with Crippen molar-refractivity contribution in [1.29, 1.82) is 0 Å². The fraction of sp³-hybridized carbons (Fsp3) is 0.217. The fourth-order valence-electron chi connectivity index (χ4n) is 3.05. The van der Waals surface area contributed by atoms with Crippen LogP contribution in [0, 0.1) is 0 Å². The van der Waals surface area contributed by atoms with E-state index in [1.54, 1.807) is 17.0 Å². The second-order valence-corrected chi connectivity index (χ2v) is 8.75. The minimum atomic E-state index is -0.589. The van der Waals surface area contributed by atoms with Crippen LogP contribution in [0.25, 0.3) is 6.08 Å². The van der Waals surface area contributed by atoms with E-state index in [9.17, 15) is 19.5 Å². The zero-order chi connectivity index (χ0) is 22.9. The molecular formula is C23H23N3O4S2. The highest BCUT2D eigenvalue weighted by atomic mass is 32.2. The Bertz CT molecular complexity index is 1040. The lowest BCUT2D eigenvalue weighted by Gasteiger charge is -2.14. The number of unbranched alkanes of at least 4 members (excludes halogenated alkanes) is 2. The highest BCUT2D eigenvalue weighted by Gasteiger charge is 2.31. The predicted molar refractivity (Wildman–Crippen MR) is 129 cm³/mol. The normalized spacial score (nSPS) is 14.6. The number of rotatable bonds is 8. The van der Waals surface area contributed by atoms with Gasteiger partial charge in [0.25, 0.3) is 11.8 Å². The molecule has 0 aromatic heterocycles. The van der Waals surface area contributed by atoms with Crippen molar-refractivity contribution >= 4 is 52.1 Å². The number of hydrazine groups is 1. The molecule has 1 aliphatic heterocycles. The zero-order valence-corrected chi connectivity index (χ0v) is 18.9. The summed E-state index contributed by atoms with van der Waals surface area (Å²) in [6.45, 7) is 0.502. The van der Waals surface area contributed by atoms with Crippen LogP contribution in [0.2, 0.25) is 0 Å². The molecule has 3 rings (SSSR count). The van der Waals surface area contributed by atoms with Gasteiger partial charge >= 0.3 is 0 Å². The molecule has 0 aliphatic carbocycles. The van der Waals surface area contributed by atoms with E-state index >= 15 is 0 Å². The molecule has 0 bridgehead atoms. The lowest BCUT2D eigenvalue weighted by Crippen LogP contribution is -2.41. The van der Waals surface area contributed by atoms with Gasteiger partial charge in [-0.2, -0.15) is 0 Å². The maximum Gasteiger partial charge on any atom is 0.273 e. The maximum absolute atomic E-state index is 12.6. The highest BCUT2D eigenvalue weighted by molar-refractivity contribution is 8.26. The number of nitrogens with one attached hydrogen (secondary N) is 2. The van der Waals surface area contributed by atoms with Gasteiger partial charge in [0, 0.05) is 13.0 Å². The summed E-state index contributed by atoms with van der Waals surface area (Å²) in [6.07, 6.45) is 4.12. The smallest absolute Gasteiger partial charge is 0.273 e. The Morgan fingerprint density at radius 3 is 2.47 bits per heavy atom. The molecule has 32 heavy (non-hydrogen) atoms. The van der Waals surface area contributed by atoms with Gasteiger partial charge in [0.15, 0.2) is 0 Å². The van der Waals surface area contributed by atoms with Crippen LogP contribution in [-0.4, -0.2) is 38.6 Å². The van der Waals surface area contributed by atoms with E-state index in [2.05, 4.69) is 10.9 Å². The van der Waals surface area contributed by atoms with Gasteiger partial charge in [-0.1, -0.05) is 72.9 Å². The van der Waals surface area contributed by atoms with Crippen LogP contribution in [0.5, 0.6) is 5.75 Å². The standard InChI is InChI=1S/C23H23N3O4S2/c27-18-12-7-6-11-17(18)21(29)25-24-20(28)13-5-2-8-14-26-22(30)19(32-23(26)31)15-16-9-3-1-4-10-16/h1,3-4,6-7,9-12,15,27H,2,5,8,13-14H2,(H,24,28)(H,25,29). The van der Waals surface area contributed by atoms with E-state index in [0.717, 1.165) is 12.0 Å². The first-order valence-electron chi connectivity index (χ1n) is 10.1. The van der Waals surface area contributed by atoms with Crippen LogP contribution < -0.4 is 10.9 Å². The Kier molecular flexibility index (Phi) is 8.41. The number of hydrogen-bond acceptors (Lipinski definition) is 6. The lowest BCUT2D eigenvalue weighted by atomic mass is 10.2. The van der Waals surface area contributed by atoms with Gasteiger partial charge in [-0.25, -0.2) is 0 Å². The number of phenols is 1. The van der Waals surface area contributed by atoms with E-state index in [0.29, 0.717) is 28.6 Å². The molecular weight excluding hydrogens is 446 g/mol. The van der Waals surface area contributed by atoms with E-state index < -0.39 is 5.91 Å². The number of carbonyl (C=O) groups excluding carboxylic acids is 3. The molecule has 2 aromatic carbocycles. The minimum absolute atomic E-state index is 0.0811. The molecule has 0 radical (unpaired) electrons. The molecule has 0 unspecified atom stereocenters. The average molecular weight is 470 g/mol. The van der Waals surface area contributed by atoms with Crippen molar-refractivity contribution in [2.75, 3.05) is 6.54 Å². The number of hydrogen-bond donors (Lipinski definition) is 3. The fourth-order valence-corrected chi connectivity index (χ4v) is 4.36. The number of thioether (sulfide) groups is 1. The van der Waals surface area contributed by atoms with Crippen LogP contribution in [0.1, 0.15) is 41.6 Å². The predicted octanol–water partition coefficient (Wildman–Crippen LogP) is 3.62. The number of phenolic OH excluding ortho intramolecular Hbond substituents is 1. The number of thiocarbonyl (C=S) groups is 1. The van der Waals surface area contributed by atoms with Crippen LogP contribution in [0.3, 0.4) is 0 Å². The van der Waals surface area contributed by atoms with Gasteiger partial charge < -0.3 is 5.11 Å². The van der Waals surface area contributed by atoms with Crippen molar-refractivity contribution < 1.29 is 19.5 Å². The zero-order valence-electron chi connectivity index (χ0n) is 17.2. The molecule has 3 N–H and O–H groups in total.